The van der Waals surface area contributed by atoms with Crippen molar-refractivity contribution >= 4 is 55.8 Å². The molecule has 158 valence electrons. The monoisotopic (exact) mass is 440 g/mol. The first kappa shape index (κ1) is 26.5. The van der Waals surface area contributed by atoms with Crippen LogP contribution in [-0.4, -0.2) is 53.5 Å². The van der Waals surface area contributed by atoms with Crippen LogP contribution in [0.15, 0.2) is 0 Å². The molecule has 0 amide bonds. The molecule has 0 spiro atoms. The van der Waals surface area contributed by atoms with E-state index in [9.17, 15) is 14.4 Å². The Bertz CT molecular complexity index is 421. The second-order valence-electron chi connectivity index (χ2n) is 6.45. The molecule has 0 N–H and O–H groups in total. The summed E-state index contributed by atoms with van der Waals surface area (Å²) in [5, 5.41) is -1.60. The first-order valence-electron chi connectivity index (χ1n) is 9.20. The van der Waals surface area contributed by atoms with Crippen LogP contribution in [0, 0.1) is 5.41 Å². The van der Waals surface area contributed by atoms with Crippen molar-refractivity contribution in [2.24, 2.45) is 5.41 Å². The van der Waals surface area contributed by atoms with Crippen molar-refractivity contribution in [3.05, 3.63) is 0 Å². The second kappa shape index (κ2) is 13.6. The zero-order valence-corrected chi connectivity index (χ0v) is 19.2. The molecule has 0 aliphatic heterocycles. The van der Waals surface area contributed by atoms with Gasteiger partial charge in [-0.3, -0.25) is 14.4 Å². The molecule has 0 aliphatic rings. The molecular weight excluding hydrogens is 408 g/mol. The fraction of sp³-hybridized carbons (Fsp3) is 0.833. The van der Waals surface area contributed by atoms with Crippen LogP contribution in [0.5, 0.6) is 0 Å². The van der Waals surface area contributed by atoms with Crippen molar-refractivity contribution in [3.8, 4) is 0 Å². The third kappa shape index (κ3) is 9.47. The number of esters is 3. The highest BCUT2D eigenvalue weighted by Gasteiger charge is 2.35. The van der Waals surface area contributed by atoms with Gasteiger partial charge in [-0.1, -0.05) is 27.7 Å². The third-order valence-electron chi connectivity index (χ3n) is 4.29. The predicted molar refractivity (Wildman–Crippen MR) is 115 cm³/mol. The molecule has 0 fully saturated rings. The van der Waals surface area contributed by atoms with E-state index in [2.05, 4.69) is 37.9 Å². The highest BCUT2D eigenvalue weighted by Crippen LogP contribution is 2.26. The van der Waals surface area contributed by atoms with Gasteiger partial charge in [0.2, 0.25) is 0 Å². The minimum atomic E-state index is -0.843. The van der Waals surface area contributed by atoms with Crippen LogP contribution >= 0.6 is 37.9 Å². The highest BCUT2D eigenvalue weighted by molar-refractivity contribution is 7.82. The van der Waals surface area contributed by atoms with Crippen LogP contribution in [-0.2, 0) is 28.6 Å². The SMILES string of the molecule is CCC(S)C(=O)OCC(CC)(COC(=O)C(S)CC)COC(=O)C(S)CC. The van der Waals surface area contributed by atoms with Crippen LogP contribution in [0.3, 0.4) is 0 Å². The number of hydrogen-bond acceptors (Lipinski definition) is 9. The summed E-state index contributed by atoms with van der Waals surface area (Å²) in [6.45, 7) is 7.18. The van der Waals surface area contributed by atoms with E-state index in [-0.39, 0.29) is 19.8 Å². The van der Waals surface area contributed by atoms with Gasteiger partial charge in [0.25, 0.3) is 0 Å². The molecular formula is C18H32O6S3. The second-order valence-corrected chi connectivity index (χ2v) is 8.32. The van der Waals surface area contributed by atoms with Crippen LogP contribution < -0.4 is 0 Å². The summed E-state index contributed by atoms with van der Waals surface area (Å²) in [7, 11) is 0. The number of hydrogen-bond donors (Lipinski definition) is 3. The lowest BCUT2D eigenvalue weighted by Crippen LogP contribution is -2.41. The molecule has 3 unspecified atom stereocenters. The summed E-state index contributed by atoms with van der Waals surface area (Å²) in [5.74, 6) is -1.38. The van der Waals surface area contributed by atoms with Crippen molar-refractivity contribution in [1.29, 1.82) is 0 Å². The molecule has 0 aromatic heterocycles. The van der Waals surface area contributed by atoms with E-state index in [0.717, 1.165) is 0 Å². The summed E-state index contributed by atoms with van der Waals surface area (Å²) >= 11 is 12.5. The lowest BCUT2D eigenvalue weighted by Gasteiger charge is -2.32. The Morgan fingerprint density at radius 2 is 0.926 bits per heavy atom. The van der Waals surface area contributed by atoms with Crippen molar-refractivity contribution in [2.75, 3.05) is 19.8 Å². The van der Waals surface area contributed by atoms with Gasteiger partial charge in [0, 0.05) is 0 Å². The molecule has 6 nitrogen and oxygen atoms in total. The van der Waals surface area contributed by atoms with Crippen LogP contribution in [0.4, 0.5) is 0 Å². The minimum Gasteiger partial charge on any atom is -0.464 e. The lowest BCUT2D eigenvalue weighted by molar-refractivity contribution is -0.161. The van der Waals surface area contributed by atoms with Gasteiger partial charge in [-0.15, -0.1) is 0 Å². The summed E-state index contributed by atoms with van der Waals surface area (Å²) in [4.78, 5) is 36.0. The number of carbonyl (C=O) groups excluding carboxylic acids is 3. The van der Waals surface area contributed by atoms with Gasteiger partial charge in [-0.25, -0.2) is 0 Å². The Hall–Kier alpha value is -0.540. The van der Waals surface area contributed by atoms with E-state index < -0.39 is 39.1 Å². The van der Waals surface area contributed by atoms with Crippen LogP contribution in [0.1, 0.15) is 53.4 Å². The Labute approximate surface area is 178 Å². The standard InChI is InChI=1S/C18H32O6S3/c1-5-12(25)15(19)22-9-18(8-4,10-23-16(20)13(26)6-2)11-24-17(21)14(27)7-3/h12-14,25-27H,5-11H2,1-4H3. The zero-order chi connectivity index (χ0) is 21.0. The maximum atomic E-state index is 12.0. The van der Waals surface area contributed by atoms with E-state index in [0.29, 0.717) is 25.7 Å². The highest BCUT2D eigenvalue weighted by atomic mass is 32.1. The average Bonchev–Trinajstić information content (AvgIpc) is 2.70. The molecule has 9 heteroatoms. The summed E-state index contributed by atoms with van der Waals surface area (Å²) < 4.78 is 16.1. The molecule has 0 heterocycles. The maximum absolute atomic E-state index is 12.0. The van der Waals surface area contributed by atoms with E-state index >= 15 is 0 Å². The number of carbonyl (C=O) groups is 3. The molecule has 0 rings (SSSR count). The van der Waals surface area contributed by atoms with Gasteiger partial charge >= 0.3 is 17.9 Å². The van der Waals surface area contributed by atoms with Gasteiger partial charge in [0.1, 0.15) is 19.8 Å². The Balaban J connectivity index is 5.14. The third-order valence-corrected chi connectivity index (χ3v) is 6.02. The van der Waals surface area contributed by atoms with Crippen molar-refractivity contribution in [3.63, 3.8) is 0 Å². The van der Waals surface area contributed by atoms with Crippen molar-refractivity contribution < 1.29 is 28.6 Å². The maximum Gasteiger partial charge on any atom is 0.318 e. The minimum absolute atomic E-state index is 0.0489. The molecule has 0 bridgehead atoms. The van der Waals surface area contributed by atoms with Gasteiger partial charge in [0.15, 0.2) is 0 Å². The Morgan fingerprint density at radius 1 is 0.667 bits per heavy atom. The lowest BCUT2D eigenvalue weighted by atomic mass is 9.88. The molecule has 0 aromatic rings. The summed E-state index contributed by atoms with van der Waals surface area (Å²) in [6, 6.07) is 0. The molecule has 0 saturated heterocycles. The number of thiol groups is 3. The van der Waals surface area contributed by atoms with Crippen molar-refractivity contribution in [2.45, 2.75) is 69.1 Å². The number of ether oxygens (including phenoxy) is 3. The fourth-order valence-electron chi connectivity index (χ4n) is 1.89. The smallest absolute Gasteiger partial charge is 0.318 e. The zero-order valence-electron chi connectivity index (χ0n) is 16.5. The summed E-state index contributed by atoms with van der Waals surface area (Å²) in [5.41, 5.74) is -0.843. The topological polar surface area (TPSA) is 78.9 Å². The fourth-order valence-corrected chi connectivity index (χ4v) is 2.12. The molecule has 0 aromatic carbocycles. The van der Waals surface area contributed by atoms with Crippen LogP contribution in [0.25, 0.3) is 0 Å². The first-order chi connectivity index (χ1) is 12.7. The summed E-state index contributed by atoms with van der Waals surface area (Å²) in [6.07, 6.45) is 2.05. The van der Waals surface area contributed by atoms with E-state index in [1.165, 1.54) is 0 Å². The van der Waals surface area contributed by atoms with Gasteiger partial charge in [-0.2, -0.15) is 37.9 Å². The van der Waals surface area contributed by atoms with E-state index in [1.807, 2.05) is 27.7 Å². The Kier molecular flexibility index (Phi) is 13.3. The quantitative estimate of drug-likeness (QED) is 0.232. The molecule has 0 radical (unpaired) electrons. The van der Waals surface area contributed by atoms with Crippen LogP contribution in [0.2, 0.25) is 0 Å². The predicted octanol–water partition coefficient (Wildman–Crippen LogP) is 3.14. The van der Waals surface area contributed by atoms with Gasteiger partial charge in [-0.05, 0) is 25.7 Å². The molecule has 3 atom stereocenters. The Morgan fingerprint density at radius 3 is 1.11 bits per heavy atom. The average molecular weight is 441 g/mol. The normalized spacial score (nSPS) is 16.6. The first-order valence-corrected chi connectivity index (χ1v) is 10.7. The molecule has 0 saturated carbocycles. The largest absolute Gasteiger partial charge is 0.464 e. The number of rotatable bonds is 13. The van der Waals surface area contributed by atoms with E-state index in [1.54, 1.807) is 0 Å². The van der Waals surface area contributed by atoms with Crippen molar-refractivity contribution in [1.82, 2.24) is 0 Å². The molecule has 0 aliphatic carbocycles. The van der Waals surface area contributed by atoms with Gasteiger partial charge < -0.3 is 14.2 Å². The van der Waals surface area contributed by atoms with Gasteiger partial charge in [0.05, 0.1) is 21.2 Å². The molecule has 27 heavy (non-hydrogen) atoms. The van der Waals surface area contributed by atoms with E-state index in [4.69, 9.17) is 14.2 Å².